The Morgan fingerprint density at radius 1 is 1.23 bits per heavy atom. The first-order chi connectivity index (χ1) is 14.4. The summed E-state index contributed by atoms with van der Waals surface area (Å²) < 4.78 is 7.46. The minimum absolute atomic E-state index is 0.0145. The summed E-state index contributed by atoms with van der Waals surface area (Å²) in [5.41, 5.74) is -2.58. The average Bonchev–Trinajstić information content (AvgIpc) is 3.37. The van der Waals surface area contributed by atoms with Gasteiger partial charge in [0.1, 0.15) is 12.9 Å². The Balaban J connectivity index is 1.62. The van der Waals surface area contributed by atoms with Crippen LogP contribution in [0.25, 0.3) is 11.2 Å². The maximum Gasteiger partial charge on any atom is 0.285 e. The van der Waals surface area contributed by atoms with Gasteiger partial charge in [0, 0.05) is 5.56 Å². The number of benzene rings is 1. The van der Waals surface area contributed by atoms with Crippen LogP contribution in [-0.4, -0.2) is 57.3 Å². The molecule has 0 aliphatic carbocycles. The molecule has 0 radical (unpaired) electrons. The highest BCUT2D eigenvalue weighted by Crippen LogP contribution is 2.39. The summed E-state index contributed by atoms with van der Waals surface area (Å²) in [6, 6.07) is 8.25. The van der Waals surface area contributed by atoms with Gasteiger partial charge >= 0.3 is 0 Å². The van der Waals surface area contributed by atoms with Gasteiger partial charge in [-0.2, -0.15) is 4.98 Å². The molecule has 0 bridgehead atoms. The minimum Gasteiger partial charge on any atom is -0.506 e. The molecule has 4 heterocycles. The molecule has 0 fully saturated rings. The fraction of sp³-hybridized carbons (Fsp3) is 0.278. The molecule has 12 heteroatoms. The molecular weight excluding hydrogens is 398 g/mol. The van der Waals surface area contributed by atoms with Crippen molar-refractivity contribution in [3.05, 3.63) is 64.1 Å². The molecular formula is C18H17N5O7. The van der Waals surface area contributed by atoms with E-state index in [9.17, 15) is 30.3 Å². The van der Waals surface area contributed by atoms with Crippen LogP contribution in [0, 0.1) is 0 Å². The number of hydrogen-bond acceptors (Lipinski definition) is 10. The molecule has 0 saturated heterocycles. The lowest BCUT2D eigenvalue weighted by Gasteiger charge is -2.26. The molecule has 5 rings (SSSR count). The molecule has 0 spiro atoms. The van der Waals surface area contributed by atoms with Crippen molar-refractivity contribution < 1.29 is 30.3 Å². The van der Waals surface area contributed by atoms with Crippen LogP contribution in [0.5, 0.6) is 0 Å². The van der Waals surface area contributed by atoms with E-state index in [4.69, 9.17) is 4.74 Å². The zero-order valence-electron chi connectivity index (χ0n) is 15.2. The molecule has 30 heavy (non-hydrogen) atoms. The normalized spacial score (nSPS) is 27.9. The van der Waals surface area contributed by atoms with Gasteiger partial charge in [-0.15, -0.1) is 0 Å². The quantitative estimate of drug-likeness (QED) is 0.311. The molecule has 0 amide bonds. The van der Waals surface area contributed by atoms with Crippen molar-refractivity contribution in [1.82, 2.24) is 19.1 Å². The summed E-state index contributed by atoms with van der Waals surface area (Å²) in [7, 11) is 0. The van der Waals surface area contributed by atoms with Crippen molar-refractivity contribution >= 4 is 17.1 Å². The second-order valence-corrected chi connectivity index (χ2v) is 6.99. The third kappa shape index (κ3) is 2.32. The highest BCUT2D eigenvalue weighted by atomic mass is 16.5. The van der Waals surface area contributed by atoms with E-state index < -0.39 is 42.2 Å². The van der Waals surface area contributed by atoms with Crippen LogP contribution in [0.4, 0.5) is 5.95 Å². The summed E-state index contributed by atoms with van der Waals surface area (Å²) in [6.45, 7) is -0.630. The van der Waals surface area contributed by atoms with E-state index in [1.54, 1.807) is 30.3 Å². The summed E-state index contributed by atoms with van der Waals surface area (Å²) >= 11 is 0. The van der Waals surface area contributed by atoms with E-state index in [2.05, 4.69) is 15.3 Å². The number of aromatic nitrogens is 4. The number of aliphatic hydroxyl groups excluding tert-OH is 4. The van der Waals surface area contributed by atoms with Crippen molar-refractivity contribution in [3.8, 4) is 0 Å². The Hall–Kier alpha value is -3.45. The van der Waals surface area contributed by atoms with Gasteiger partial charge in [0.15, 0.2) is 35.0 Å². The van der Waals surface area contributed by atoms with Crippen molar-refractivity contribution in [1.29, 1.82) is 0 Å². The van der Waals surface area contributed by atoms with E-state index in [-0.39, 0.29) is 22.9 Å². The lowest BCUT2D eigenvalue weighted by atomic mass is 10.0. The third-order valence-electron chi connectivity index (χ3n) is 5.28. The number of rotatable bonds is 3. The lowest BCUT2D eigenvalue weighted by Crippen LogP contribution is -2.39. The smallest absolute Gasteiger partial charge is 0.285 e. The fourth-order valence-corrected chi connectivity index (χ4v) is 3.72. The van der Waals surface area contributed by atoms with E-state index in [0.717, 1.165) is 4.57 Å². The Labute approximate surface area is 167 Å². The van der Waals surface area contributed by atoms with Gasteiger partial charge in [-0.1, -0.05) is 30.3 Å². The van der Waals surface area contributed by atoms with Crippen LogP contribution in [0.1, 0.15) is 18.0 Å². The largest absolute Gasteiger partial charge is 0.506 e. The summed E-state index contributed by atoms with van der Waals surface area (Å²) in [6.07, 6.45) is -3.22. The highest BCUT2D eigenvalue weighted by Gasteiger charge is 2.48. The van der Waals surface area contributed by atoms with Crippen molar-refractivity contribution in [3.63, 3.8) is 0 Å². The number of hydrogen-bond donors (Lipinski definition) is 6. The molecule has 2 aliphatic rings. The average molecular weight is 415 g/mol. The molecule has 2 aliphatic heterocycles. The van der Waals surface area contributed by atoms with Gasteiger partial charge in [-0.3, -0.25) is 9.36 Å². The number of nitrogens with one attached hydrogen (secondary N) is 1. The summed E-state index contributed by atoms with van der Waals surface area (Å²) in [4.78, 5) is 21.3. The first-order valence-electron chi connectivity index (χ1n) is 8.97. The number of anilines is 1. The third-order valence-corrected chi connectivity index (χ3v) is 5.28. The predicted octanol–water partition coefficient (Wildman–Crippen LogP) is -0.994. The first kappa shape index (κ1) is 18.6. The van der Waals surface area contributed by atoms with Crippen LogP contribution >= 0.6 is 0 Å². The van der Waals surface area contributed by atoms with E-state index >= 15 is 0 Å². The van der Waals surface area contributed by atoms with Gasteiger partial charge in [0.25, 0.3) is 5.56 Å². The molecule has 6 N–H and O–H groups in total. The summed E-state index contributed by atoms with van der Waals surface area (Å²) in [5, 5.41) is 53.7. The maximum atomic E-state index is 13.0. The zero-order valence-corrected chi connectivity index (χ0v) is 15.2. The monoisotopic (exact) mass is 415 g/mol. The molecule has 3 unspecified atom stereocenters. The molecule has 12 nitrogen and oxygen atoms in total. The second-order valence-electron chi connectivity index (χ2n) is 6.99. The Morgan fingerprint density at radius 2 is 1.97 bits per heavy atom. The van der Waals surface area contributed by atoms with Crippen LogP contribution in [0.2, 0.25) is 0 Å². The molecule has 0 saturated carbocycles. The van der Waals surface area contributed by atoms with E-state index in [0.29, 0.717) is 5.56 Å². The van der Waals surface area contributed by atoms with Gasteiger partial charge in [-0.25, -0.2) is 9.55 Å². The molecule has 3 aromatic rings. The van der Waals surface area contributed by atoms with Crippen LogP contribution in [0.15, 0.2) is 53.0 Å². The van der Waals surface area contributed by atoms with Crippen LogP contribution < -0.4 is 10.9 Å². The molecule has 1 aromatic carbocycles. The van der Waals surface area contributed by atoms with Gasteiger partial charge in [-0.05, 0) is 0 Å². The summed E-state index contributed by atoms with van der Waals surface area (Å²) in [5.74, 6) is -0.867. The number of aliphatic hydroxyl groups is 5. The molecule has 4 atom stereocenters. The topological polar surface area (TPSA) is 175 Å². The standard InChI is InChI=1S/C18H17N5O7/c24-6-9-11(25)12(26)15(30-9)22-7-19-10-13(22)20-17-21-18(29,8-4-2-1-3-5-8)16(28)23(17)14(10)27/h1-5,7,12,15-16,24-26,28-29H,6H2,(H,20,21)/t12?,15-,16?,18?/m1/s1. The number of fused-ring (bicyclic) bond motifs is 2. The Bertz CT molecular complexity index is 1240. The van der Waals surface area contributed by atoms with Gasteiger partial charge in [0.2, 0.25) is 17.9 Å². The number of ether oxygens (including phenoxy) is 1. The number of nitrogens with zero attached hydrogens (tertiary/aromatic N) is 4. The lowest BCUT2D eigenvalue weighted by molar-refractivity contribution is -0.0851. The fourth-order valence-electron chi connectivity index (χ4n) is 3.72. The number of imidazole rings is 1. The Kier molecular flexibility index (Phi) is 3.88. The second kappa shape index (κ2) is 6.27. The van der Waals surface area contributed by atoms with Crippen LogP contribution in [0.3, 0.4) is 0 Å². The SMILES string of the molecule is O=c1c2ncn([C@@H]3OC(CO)=C(O)C3O)c2nc2n1C(O)C(O)(c1ccccc1)N2. The minimum atomic E-state index is -2.00. The van der Waals surface area contributed by atoms with Gasteiger partial charge in [0.05, 0.1) is 0 Å². The van der Waals surface area contributed by atoms with E-state index in [1.165, 1.54) is 10.9 Å². The predicted molar refractivity (Wildman–Crippen MR) is 99.9 cm³/mol. The first-order valence-corrected chi connectivity index (χ1v) is 8.97. The van der Waals surface area contributed by atoms with Crippen molar-refractivity contribution in [2.24, 2.45) is 0 Å². The zero-order chi connectivity index (χ0) is 21.2. The molecule has 156 valence electrons. The molecule has 2 aromatic heterocycles. The highest BCUT2D eigenvalue weighted by molar-refractivity contribution is 5.72. The maximum absolute atomic E-state index is 13.0. The van der Waals surface area contributed by atoms with E-state index in [1.807, 2.05) is 0 Å². The van der Waals surface area contributed by atoms with Crippen molar-refractivity contribution in [2.75, 3.05) is 11.9 Å². The Morgan fingerprint density at radius 3 is 2.63 bits per heavy atom. The van der Waals surface area contributed by atoms with Gasteiger partial charge < -0.3 is 35.6 Å². The van der Waals surface area contributed by atoms with Crippen LogP contribution in [-0.2, 0) is 10.5 Å². The van der Waals surface area contributed by atoms with Crippen molar-refractivity contribution in [2.45, 2.75) is 24.3 Å².